The van der Waals surface area contributed by atoms with Gasteiger partial charge in [-0.25, -0.2) is 0 Å². The molecule has 6 nitrogen and oxygen atoms in total. The first-order chi connectivity index (χ1) is 9.16. The van der Waals surface area contributed by atoms with Gasteiger partial charge in [-0.1, -0.05) is 29.1 Å². The van der Waals surface area contributed by atoms with Gasteiger partial charge in [-0.05, 0) is 12.1 Å². The van der Waals surface area contributed by atoms with Crippen molar-refractivity contribution in [2.45, 2.75) is 17.2 Å². The Labute approximate surface area is 111 Å². The predicted molar refractivity (Wildman–Crippen MR) is 63.7 cm³/mol. The number of nitrogens with zero attached hydrogens (tertiary/aromatic N) is 3. The molecule has 1 aromatic heterocycles. The number of halogens is 2. The Bertz CT molecular complexity index is 549. The van der Waals surface area contributed by atoms with E-state index in [4.69, 9.17) is 0 Å². The van der Waals surface area contributed by atoms with E-state index in [2.05, 4.69) is 25.9 Å². The van der Waals surface area contributed by atoms with Crippen molar-refractivity contribution in [2.24, 2.45) is 0 Å². The van der Waals surface area contributed by atoms with Gasteiger partial charge < -0.3 is 5.32 Å². The van der Waals surface area contributed by atoms with Gasteiger partial charge in [-0.3, -0.25) is 4.79 Å². The molecule has 2 aromatic rings. The average Bonchev–Trinajstić information content (AvgIpc) is 2.89. The highest BCUT2D eigenvalue weighted by Gasteiger charge is 2.15. The Morgan fingerprint density at radius 2 is 2.21 bits per heavy atom. The van der Waals surface area contributed by atoms with Gasteiger partial charge in [0.15, 0.2) is 5.82 Å². The molecule has 1 heterocycles. The lowest BCUT2D eigenvalue weighted by molar-refractivity contribution is 0.0947. The number of hydrogen-bond donors (Lipinski definition) is 2. The molecule has 0 atom stereocenters. The van der Waals surface area contributed by atoms with Crippen LogP contribution in [-0.4, -0.2) is 32.3 Å². The number of hydrogen-bond acceptors (Lipinski definition) is 5. The van der Waals surface area contributed by atoms with E-state index in [1.807, 2.05) is 0 Å². The summed E-state index contributed by atoms with van der Waals surface area (Å²) in [5.74, 6) is -2.73. The summed E-state index contributed by atoms with van der Waals surface area (Å²) >= 11 is 0.333. The second kappa shape index (κ2) is 6.23. The standard InChI is InChI=1S/C10H9F2N5OS/c11-10(12)19-7-4-2-1-3-6(7)9(18)13-5-8-14-16-17-15-8/h1-4,10H,5H2,(H,13,18)(H,14,15,16,17). The normalized spacial score (nSPS) is 10.7. The van der Waals surface area contributed by atoms with Crippen LogP contribution in [0.3, 0.4) is 0 Å². The molecule has 0 bridgehead atoms. The lowest BCUT2D eigenvalue weighted by Crippen LogP contribution is -2.24. The van der Waals surface area contributed by atoms with Crippen LogP contribution >= 0.6 is 11.8 Å². The van der Waals surface area contributed by atoms with Gasteiger partial charge in [0, 0.05) is 4.90 Å². The fourth-order valence-corrected chi connectivity index (χ4v) is 2.00. The zero-order valence-electron chi connectivity index (χ0n) is 9.51. The summed E-state index contributed by atoms with van der Waals surface area (Å²) in [7, 11) is 0. The Kier molecular flexibility index (Phi) is 4.39. The molecular weight excluding hydrogens is 276 g/mol. The first-order valence-corrected chi connectivity index (χ1v) is 6.09. The average molecular weight is 285 g/mol. The molecule has 0 fully saturated rings. The second-order valence-corrected chi connectivity index (χ2v) is 4.42. The summed E-state index contributed by atoms with van der Waals surface area (Å²) in [6.07, 6.45) is 0. The minimum Gasteiger partial charge on any atom is -0.345 e. The van der Waals surface area contributed by atoms with Crippen molar-refractivity contribution in [1.29, 1.82) is 0 Å². The number of benzene rings is 1. The highest BCUT2D eigenvalue weighted by Crippen LogP contribution is 2.28. The molecule has 0 unspecified atom stereocenters. The SMILES string of the molecule is O=C(NCc1nn[nH]n1)c1ccccc1SC(F)F. The number of rotatable bonds is 5. The van der Waals surface area contributed by atoms with Gasteiger partial charge in [0.05, 0.1) is 12.1 Å². The maximum atomic E-state index is 12.4. The smallest absolute Gasteiger partial charge is 0.288 e. The van der Waals surface area contributed by atoms with Gasteiger partial charge in [-0.15, -0.1) is 10.2 Å². The summed E-state index contributed by atoms with van der Waals surface area (Å²) in [4.78, 5) is 12.1. The molecule has 1 amide bonds. The molecule has 0 aliphatic carbocycles. The summed E-state index contributed by atoms with van der Waals surface area (Å²) < 4.78 is 24.7. The van der Waals surface area contributed by atoms with Crippen LogP contribution in [0.4, 0.5) is 8.78 Å². The van der Waals surface area contributed by atoms with E-state index in [9.17, 15) is 13.6 Å². The van der Waals surface area contributed by atoms with Crippen LogP contribution in [-0.2, 0) is 6.54 Å². The topological polar surface area (TPSA) is 83.6 Å². The molecule has 9 heteroatoms. The number of carbonyl (C=O) groups excluding carboxylic acids is 1. The molecule has 0 aliphatic rings. The zero-order chi connectivity index (χ0) is 13.7. The van der Waals surface area contributed by atoms with Crippen LogP contribution in [0.1, 0.15) is 16.2 Å². The van der Waals surface area contributed by atoms with Crippen LogP contribution in [0, 0.1) is 0 Å². The lowest BCUT2D eigenvalue weighted by atomic mass is 10.2. The largest absolute Gasteiger partial charge is 0.345 e. The Balaban J connectivity index is 2.06. The van der Waals surface area contributed by atoms with Gasteiger partial charge in [0.2, 0.25) is 0 Å². The van der Waals surface area contributed by atoms with E-state index < -0.39 is 11.7 Å². The minimum atomic E-state index is -2.58. The highest BCUT2D eigenvalue weighted by atomic mass is 32.2. The van der Waals surface area contributed by atoms with Crippen LogP contribution in [0.5, 0.6) is 0 Å². The number of carbonyl (C=O) groups is 1. The number of H-pyrrole nitrogens is 1. The zero-order valence-corrected chi connectivity index (χ0v) is 10.3. The first kappa shape index (κ1) is 13.4. The van der Waals surface area contributed by atoms with Crippen LogP contribution < -0.4 is 5.32 Å². The molecule has 0 saturated heterocycles. The van der Waals surface area contributed by atoms with Crippen LogP contribution in [0.25, 0.3) is 0 Å². The summed E-state index contributed by atoms with van der Waals surface area (Å²) in [6, 6.07) is 6.16. The third kappa shape index (κ3) is 3.71. The highest BCUT2D eigenvalue weighted by molar-refractivity contribution is 7.99. The Morgan fingerprint density at radius 1 is 1.42 bits per heavy atom. The lowest BCUT2D eigenvalue weighted by Gasteiger charge is -2.08. The molecule has 0 saturated carbocycles. The summed E-state index contributed by atoms with van der Waals surface area (Å²) in [5.41, 5.74) is 0.191. The van der Waals surface area contributed by atoms with E-state index >= 15 is 0 Å². The number of amides is 1. The third-order valence-corrected chi connectivity index (χ3v) is 2.93. The molecular formula is C10H9F2N5OS. The number of thioether (sulfide) groups is 1. The van der Waals surface area contributed by atoms with Crippen molar-refractivity contribution < 1.29 is 13.6 Å². The van der Waals surface area contributed by atoms with E-state index in [0.29, 0.717) is 17.6 Å². The van der Waals surface area contributed by atoms with Crippen molar-refractivity contribution in [2.75, 3.05) is 0 Å². The maximum absolute atomic E-state index is 12.4. The third-order valence-electron chi connectivity index (χ3n) is 2.14. The van der Waals surface area contributed by atoms with Crippen LogP contribution in [0.2, 0.25) is 0 Å². The summed E-state index contributed by atoms with van der Waals surface area (Å²) in [5, 5.41) is 15.4. The van der Waals surface area contributed by atoms with Crippen molar-refractivity contribution in [3.05, 3.63) is 35.7 Å². The Morgan fingerprint density at radius 3 is 2.89 bits per heavy atom. The predicted octanol–water partition coefficient (Wildman–Crippen LogP) is 1.44. The molecule has 0 aliphatic heterocycles. The van der Waals surface area contributed by atoms with Gasteiger partial charge in [-0.2, -0.15) is 14.0 Å². The molecule has 0 spiro atoms. The molecule has 1 aromatic carbocycles. The van der Waals surface area contributed by atoms with Gasteiger partial charge in [0.25, 0.3) is 11.7 Å². The fourth-order valence-electron chi connectivity index (χ4n) is 1.36. The first-order valence-electron chi connectivity index (χ1n) is 5.21. The second-order valence-electron chi connectivity index (χ2n) is 3.39. The van der Waals surface area contributed by atoms with Gasteiger partial charge in [0.1, 0.15) is 0 Å². The van der Waals surface area contributed by atoms with Crippen molar-refractivity contribution in [1.82, 2.24) is 25.9 Å². The number of aromatic nitrogens is 4. The number of alkyl halides is 2. The number of aromatic amines is 1. The Hall–Kier alpha value is -2.03. The number of nitrogens with one attached hydrogen (secondary N) is 2. The minimum absolute atomic E-state index is 0.0724. The van der Waals surface area contributed by atoms with Crippen molar-refractivity contribution >= 4 is 17.7 Å². The van der Waals surface area contributed by atoms with E-state index in [1.54, 1.807) is 12.1 Å². The maximum Gasteiger partial charge on any atom is 0.288 e. The van der Waals surface area contributed by atoms with Crippen LogP contribution in [0.15, 0.2) is 29.2 Å². The molecule has 100 valence electrons. The molecule has 2 N–H and O–H groups in total. The van der Waals surface area contributed by atoms with Gasteiger partial charge >= 0.3 is 0 Å². The number of tetrazole rings is 1. The van der Waals surface area contributed by atoms with E-state index in [0.717, 1.165) is 0 Å². The van der Waals surface area contributed by atoms with E-state index in [1.165, 1.54) is 12.1 Å². The van der Waals surface area contributed by atoms with Crippen molar-refractivity contribution in [3.63, 3.8) is 0 Å². The molecule has 19 heavy (non-hydrogen) atoms. The van der Waals surface area contributed by atoms with E-state index in [-0.39, 0.29) is 17.0 Å². The summed E-state index contributed by atoms with van der Waals surface area (Å²) in [6.45, 7) is 0.0724. The quantitative estimate of drug-likeness (QED) is 0.812. The monoisotopic (exact) mass is 285 g/mol. The fraction of sp³-hybridized carbons (Fsp3) is 0.200. The molecule has 2 rings (SSSR count). The van der Waals surface area contributed by atoms with Crippen molar-refractivity contribution in [3.8, 4) is 0 Å². The molecule has 0 radical (unpaired) electrons.